The minimum absolute atomic E-state index is 0.332. The van der Waals surface area contributed by atoms with E-state index in [0.717, 1.165) is 56.7 Å². The van der Waals surface area contributed by atoms with E-state index in [1.54, 1.807) is 15.6 Å². The molecule has 0 N–H and O–H groups in total. The molecule has 1 atom stereocenters. The van der Waals surface area contributed by atoms with Gasteiger partial charge in [-0.1, -0.05) is 30.3 Å². The third-order valence-electron chi connectivity index (χ3n) is 7.46. The highest BCUT2D eigenvalue weighted by Crippen LogP contribution is 2.37. The highest BCUT2D eigenvalue weighted by Gasteiger charge is 2.31. The lowest BCUT2D eigenvalue weighted by atomic mass is 9.78. The van der Waals surface area contributed by atoms with Crippen molar-refractivity contribution in [3.8, 4) is 0 Å². The molecule has 0 saturated carbocycles. The van der Waals surface area contributed by atoms with E-state index < -0.39 is 10.0 Å². The maximum atomic E-state index is 12.0. The summed E-state index contributed by atoms with van der Waals surface area (Å²) in [6.07, 6.45) is 6.34. The quantitative estimate of drug-likeness (QED) is 0.459. The molecule has 1 aromatic heterocycles. The zero-order valence-electron chi connectivity index (χ0n) is 20.8. The first-order valence-corrected chi connectivity index (χ1v) is 15.4. The van der Waals surface area contributed by atoms with Gasteiger partial charge in [0.25, 0.3) is 0 Å². The Morgan fingerprint density at radius 3 is 2.43 bits per heavy atom. The fraction of sp³-hybridized carbons (Fsp3) is 0.615. The molecule has 0 aliphatic carbocycles. The number of ether oxygens (including phenoxy) is 1. The second-order valence-electron chi connectivity index (χ2n) is 9.71. The first-order valence-electron chi connectivity index (χ1n) is 12.7. The Kier molecular flexibility index (Phi) is 8.97. The van der Waals surface area contributed by atoms with E-state index in [2.05, 4.69) is 40.2 Å². The van der Waals surface area contributed by atoms with Crippen molar-refractivity contribution in [2.75, 3.05) is 45.6 Å². The van der Waals surface area contributed by atoms with Gasteiger partial charge in [0.1, 0.15) is 0 Å². The van der Waals surface area contributed by atoms with Gasteiger partial charge in [-0.3, -0.25) is 0 Å². The summed E-state index contributed by atoms with van der Waals surface area (Å²) in [5, 5.41) is 2.87. The van der Waals surface area contributed by atoms with E-state index in [9.17, 15) is 13.2 Å². The number of hydrogen-bond donors (Lipinski definition) is 0. The van der Waals surface area contributed by atoms with Crippen molar-refractivity contribution in [2.45, 2.75) is 50.9 Å². The lowest BCUT2D eigenvalue weighted by Gasteiger charge is -2.37. The fourth-order valence-corrected chi connectivity index (χ4v) is 7.32. The zero-order chi connectivity index (χ0) is 24.8. The molecule has 0 bridgehead atoms. The van der Waals surface area contributed by atoms with Gasteiger partial charge in [-0.2, -0.15) is 0 Å². The normalized spacial score (nSPS) is 20.1. The number of esters is 1. The Balaban J connectivity index is 1.32. The minimum Gasteiger partial charge on any atom is -0.461 e. The van der Waals surface area contributed by atoms with Gasteiger partial charge < -0.3 is 9.64 Å². The molecule has 192 valence electrons. The second-order valence-corrected chi connectivity index (χ2v) is 12.6. The molecule has 2 fully saturated rings. The van der Waals surface area contributed by atoms with E-state index in [1.165, 1.54) is 11.8 Å². The van der Waals surface area contributed by atoms with Crippen LogP contribution in [0, 0.1) is 5.92 Å². The molecule has 0 amide bonds. The van der Waals surface area contributed by atoms with Crippen LogP contribution in [-0.2, 0) is 14.8 Å². The van der Waals surface area contributed by atoms with Crippen LogP contribution in [0.3, 0.4) is 0 Å². The molecule has 35 heavy (non-hydrogen) atoms. The van der Waals surface area contributed by atoms with E-state index >= 15 is 0 Å². The molecular formula is C26H37N3O4S2. The van der Waals surface area contributed by atoms with Crippen LogP contribution < -0.4 is 0 Å². The summed E-state index contributed by atoms with van der Waals surface area (Å²) in [5.41, 5.74) is 1.80. The van der Waals surface area contributed by atoms with Crippen molar-refractivity contribution in [1.82, 2.24) is 14.2 Å². The average molecular weight is 520 g/mol. The summed E-state index contributed by atoms with van der Waals surface area (Å²) < 4.78 is 30.6. The molecule has 2 saturated heterocycles. The van der Waals surface area contributed by atoms with Crippen LogP contribution in [0.1, 0.15) is 71.9 Å². The number of carbonyl (C=O) groups excluding carboxylic acids is 1. The standard InChI is InChI=1S/C26H37N3O4S2/c1-3-33-26(30)24-19-34-25(27-24)22-9-14-28(15-10-22)16-13-23(20-7-5-4-6-8-20)21-11-17-29(18-12-21)35(2,31)32/h4-8,19,21-23H,3,9-18H2,1-2H3. The van der Waals surface area contributed by atoms with Crippen molar-refractivity contribution in [3.05, 3.63) is 52.0 Å². The van der Waals surface area contributed by atoms with Crippen molar-refractivity contribution < 1.29 is 17.9 Å². The predicted molar refractivity (Wildman–Crippen MR) is 139 cm³/mol. The van der Waals surface area contributed by atoms with E-state index in [4.69, 9.17) is 4.74 Å². The highest BCUT2D eigenvalue weighted by atomic mass is 32.2. The Bertz CT molecular complexity index is 1060. The van der Waals surface area contributed by atoms with Crippen LogP contribution >= 0.6 is 11.3 Å². The Morgan fingerprint density at radius 1 is 1.11 bits per heavy atom. The topological polar surface area (TPSA) is 79.8 Å². The number of sulfonamides is 1. The number of benzene rings is 1. The summed E-state index contributed by atoms with van der Waals surface area (Å²) in [4.78, 5) is 19.0. The third-order valence-corrected chi connectivity index (χ3v) is 9.77. The fourth-order valence-electron chi connectivity index (χ4n) is 5.48. The monoisotopic (exact) mass is 519 g/mol. The molecule has 2 aliphatic heterocycles. The third kappa shape index (κ3) is 6.90. The van der Waals surface area contributed by atoms with Gasteiger partial charge in [0, 0.05) is 24.4 Å². The van der Waals surface area contributed by atoms with Crippen molar-refractivity contribution in [3.63, 3.8) is 0 Å². The molecule has 0 spiro atoms. The summed E-state index contributed by atoms with van der Waals surface area (Å²) >= 11 is 1.57. The van der Waals surface area contributed by atoms with E-state index in [1.807, 2.05) is 12.3 Å². The molecule has 3 heterocycles. The van der Waals surface area contributed by atoms with Gasteiger partial charge in [-0.25, -0.2) is 22.5 Å². The predicted octanol–water partition coefficient (Wildman–Crippen LogP) is 4.34. The van der Waals surface area contributed by atoms with Crippen LogP contribution in [0.5, 0.6) is 0 Å². The Morgan fingerprint density at radius 2 is 1.80 bits per heavy atom. The van der Waals surface area contributed by atoms with Gasteiger partial charge in [-0.05, 0) is 76.1 Å². The molecule has 1 unspecified atom stereocenters. The van der Waals surface area contributed by atoms with Gasteiger partial charge in [0.05, 0.1) is 17.9 Å². The van der Waals surface area contributed by atoms with Gasteiger partial charge in [0.15, 0.2) is 5.69 Å². The average Bonchev–Trinajstić information content (AvgIpc) is 3.36. The van der Waals surface area contributed by atoms with Crippen LogP contribution in [-0.4, -0.2) is 74.2 Å². The summed E-state index contributed by atoms with van der Waals surface area (Å²) in [6, 6.07) is 10.7. The number of hydrogen-bond acceptors (Lipinski definition) is 7. The summed E-state index contributed by atoms with van der Waals surface area (Å²) in [5.74, 6) is 1.03. The summed E-state index contributed by atoms with van der Waals surface area (Å²) in [7, 11) is -3.11. The maximum absolute atomic E-state index is 12.0. The number of thiazole rings is 1. The lowest BCUT2D eigenvalue weighted by molar-refractivity contribution is 0.0520. The number of carbonyl (C=O) groups is 1. The zero-order valence-corrected chi connectivity index (χ0v) is 22.4. The molecule has 2 aromatic rings. The first-order chi connectivity index (χ1) is 16.8. The molecule has 9 heteroatoms. The van der Waals surface area contributed by atoms with Gasteiger partial charge in [0.2, 0.25) is 10.0 Å². The molecule has 7 nitrogen and oxygen atoms in total. The number of rotatable bonds is 9. The SMILES string of the molecule is CCOC(=O)c1csc(C2CCN(CCC(c3ccccc3)C3CCN(S(C)(=O)=O)CC3)CC2)n1. The number of likely N-dealkylation sites (tertiary alicyclic amines) is 1. The number of aromatic nitrogens is 1. The molecule has 2 aliphatic rings. The Labute approximate surface area is 213 Å². The minimum atomic E-state index is -3.11. The van der Waals surface area contributed by atoms with Crippen molar-refractivity contribution in [1.29, 1.82) is 0 Å². The smallest absolute Gasteiger partial charge is 0.357 e. The molecule has 1 aromatic carbocycles. The number of nitrogens with zero attached hydrogens (tertiary/aromatic N) is 3. The summed E-state index contributed by atoms with van der Waals surface area (Å²) in [6.45, 7) is 6.54. The largest absolute Gasteiger partial charge is 0.461 e. The maximum Gasteiger partial charge on any atom is 0.357 e. The highest BCUT2D eigenvalue weighted by molar-refractivity contribution is 7.88. The first kappa shape index (κ1) is 26.3. The van der Waals surface area contributed by atoms with Crippen LogP contribution in [0.15, 0.2) is 35.7 Å². The van der Waals surface area contributed by atoms with Crippen molar-refractivity contribution >= 4 is 27.3 Å². The van der Waals surface area contributed by atoms with Crippen LogP contribution in [0.4, 0.5) is 0 Å². The molecular weight excluding hydrogens is 482 g/mol. The number of piperidine rings is 2. The van der Waals surface area contributed by atoms with Crippen LogP contribution in [0.2, 0.25) is 0 Å². The Hall–Kier alpha value is -1.81. The van der Waals surface area contributed by atoms with Crippen LogP contribution in [0.25, 0.3) is 0 Å². The van der Waals surface area contributed by atoms with E-state index in [0.29, 0.717) is 43.1 Å². The van der Waals surface area contributed by atoms with Gasteiger partial charge >= 0.3 is 5.97 Å². The second kappa shape index (κ2) is 12.0. The molecule has 4 rings (SSSR count). The van der Waals surface area contributed by atoms with Crippen molar-refractivity contribution in [2.24, 2.45) is 5.92 Å². The van der Waals surface area contributed by atoms with E-state index in [-0.39, 0.29) is 5.97 Å². The lowest BCUT2D eigenvalue weighted by Crippen LogP contribution is -2.40. The molecule has 0 radical (unpaired) electrons. The van der Waals surface area contributed by atoms with Gasteiger partial charge in [-0.15, -0.1) is 11.3 Å².